The van der Waals surface area contributed by atoms with E-state index < -0.39 is 34.3 Å². The number of urea groups is 1. The predicted octanol–water partition coefficient (Wildman–Crippen LogP) is 1.99. The molecule has 0 saturated carbocycles. The lowest BCUT2D eigenvalue weighted by Crippen LogP contribution is -2.41. The van der Waals surface area contributed by atoms with Crippen molar-refractivity contribution < 1.29 is 24.0 Å². The zero-order chi connectivity index (χ0) is 19.6. The minimum absolute atomic E-state index is 0.0322. The number of hydrogen-bond acceptors (Lipinski definition) is 6. The number of nitro groups is 1. The number of hydrogen-bond donors (Lipinski definition) is 1. The summed E-state index contributed by atoms with van der Waals surface area (Å²) in [5, 5.41) is 13.8. The lowest BCUT2D eigenvalue weighted by molar-refractivity contribution is -0.386. The molecule has 0 radical (unpaired) electrons. The molecule has 1 fully saturated rings. The summed E-state index contributed by atoms with van der Waals surface area (Å²) in [5.41, 5.74) is -0.214. The number of nitrogens with one attached hydrogen (secondary N) is 1. The fourth-order valence-electron chi connectivity index (χ4n) is 2.62. The van der Waals surface area contributed by atoms with Gasteiger partial charge in [-0.15, -0.1) is 0 Å². The standard InChI is InChI=1S/C17H21N3O6/c1-10(14(21)19-8-7-18-16(19)23)26-15(22)11-5-6-12(17(2,3)4)13(9-11)20(24)25/h5-6,9-10H,7-8H2,1-4H3,(H,18,23)/t10-/m0/s1. The molecule has 1 saturated heterocycles. The van der Waals surface area contributed by atoms with Crippen LogP contribution in [-0.4, -0.2) is 46.9 Å². The van der Waals surface area contributed by atoms with E-state index in [1.54, 1.807) is 0 Å². The van der Waals surface area contributed by atoms with Crippen molar-refractivity contribution in [1.29, 1.82) is 0 Å². The summed E-state index contributed by atoms with van der Waals surface area (Å²) in [5.74, 6) is -1.51. The molecule has 1 heterocycles. The van der Waals surface area contributed by atoms with Crippen molar-refractivity contribution in [2.24, 2.45) is 0 Å². The third-order valence-corrected chi connectivity index (χ3v) is 3.99. The summed E-state index contributed by atoms with van der Waals surface area (Å²) in [6, 6.07) is 3.54. The first-order chi connectivity index (χ1) is 12.0. The summed E-state index contributed by atoms with van der Waals surface area (Å²) in [6.45, 7) is 7.38. The van der Waals surface area contributed by atoms with Crippen molar-refractivity contribution in [1.82, 2.24) is 10.2 Å². The van der Waals surface area contributed by atoms with E-state index >= 15 is 0 Å². The van der Waals surface area contributed by atoms with Crippen LogP contribution in [0, 0.1) is 10.1 Å². The molecule has 9 nitrogen and oxygen atoms in total. The van der Waals surface area contributed by atoms with Gasteiger partial charge < -0.3 is 10.1 Å². The van der Waals surface area contributed by atoms with E-state index in [1.807, 2.05) is 20.8 Å². The minimum atomic E-state index is -1.19. The molecular weight excluding hydrogens is 342 g/mol. The number of esters is 1. The van der Waals surface area contributed by atoms with E-state index in [0.717, 1.165) is 11.0 Å². The second-order valence-electron chi connectivity index (χ2n) is 7.01. The average Bonchev–Trinajstić information content (AvgIpc) is 2.98. The Bertz CT molecular complexity index is 768. The Hall–Kier alpha value is -2.97. The van der Waals surface area contributed by atoms with Gasteiger partial charge >= 0.3 is 12.0 Å². The van der Waals surface area contributed by atoms with Crippen LogP contribution >= 0.6 is 0 Å². The molecule has 140 valence electrons. The van der Waals surface area contributed by atoms with E-state index in [4.69, 9.17) is 4.74 Å². The molecule has 2 rings (SSSR count). The van der Waals surface area contributed by atoms with Crippen LogP contribution in [0.1, 0.15) is 43.6 Å². The number of ether oxygens (including phenoxy) is 1. The van der Waals surface area contributed by atoms with Crippen LogP contribution in [0.3, 0.4) is 0 Å². The Kier molecular flexibility index (Phi) is 5.29. The van der Waals surface area contributed by atoms with Crippen LogP contribution in [-0.2, 0) is 14.9 Å². The van der Waals surface area contributed by atoms with Crippen molar-refractivity contribution >= 4 is 23.6 Å². The molecule has 1 aromatic rings. The van der Waals surface area contributed by atoms with Crippen LogP contribution < -0.4 is 5.32 Å². The molecule has 0 aromatic heterocycles. The van der Waals surface area contributed by atoms with Crippen molar-refractivity contribution in [2.45, 2.75) is 39.2 Å². The maximum absolute atomic E-state index is 12.3. The van der Waals surface area contributed by atoms with E-state index in [1.165, 1.54) is 19.1 Å². The lowest BCUT2D eigenvalue weighted by Gasteiger charge is -2.20. The van der Waals surface area contributed by atoms with Crippen LogP contribution in [0.15, 0.2) is 18.2 Å². The first-order valence-electron chi connectivity index (χ1n) is 8.11. The number of rotatable bonds is 4. The number of nitrogens with zero attached hydrogens (tertiary/aromatic N) is 2. The van der Waals surface area contributed by atoms with Gasteiger partial charge in [0.25, 0.3) is 11.6 Å². The molecule has 1 aliphatic heterocycles. The average molecular weight is 363 g/mol. The monoisotopic (exact) mass is 363 g/mol. The molecule has 9 heteroatoms. The zero-order valence-electron chi connectivity index (χ0n) is 15.1. The quantitative estimate of drug-likeness (QED) is 0.496. The fraction of sp³-hybridized carbons (Fsp3) is 0.471. The highest BCUT2D eigenvalue weighted by Crippen LogP contribution is 2.32. The van der Waals surface area contributed by atoms with E-state index in [2.05, 4.69) is 5.32 Å². The van der Waals surface area contributed by atoms with Gasteiger partial charge in [0, 0.05) is 24.7 Å². The van der Waals surface area contributed by atoms with Gasteiger partial charge in [-0.05, 0) is 18.4 Å². The molecule has 0 unspecified atom stereocenters. The maximum atomic E-state index is 12.3. The zero-order valence-corrected chi connectivity index (χ0v) is 15.1. The van der Waals surface area contributed by atoms with Gasteiger partial charge in [-0.1, -0.05) is 26.8 Å². The van der Waals surface area contributed by atoms with Crippen LogP contribution in [0.2, 0.25) is 0 Å². The minimum Gasteiger partial charge on any atom is -0.449 e. The normalized spacial score (nSPS) is 15.4. The lowest BCUT2D eigenvalue weighted by atomic mass is 9.85. The molecule has 1 atom stereocenters. The number of amides is 3. The van der Waals surface area contributed by atoms with Crippen molar-refractivity contribution in [2.75, 3.05) is 13.1 Å². The number of carbonyl (C=O) groups excluding carboxylic acids is 3. The van der Waals surface area contributed by atoms with Gasteiger partial charge in [-0.2, -0.15) is 0 Å². The van der Waals surface area contributed by atoms with E-state index in [0.29, 0.717) is 12.1 Å². The molecule has 0 aliphatic carbocycles. The second-order valence-corrected chi connectivity index (χ2v) is 7.01. The molecule has 0 bridgehead atoms. The summed E-state index contributed by atoms with van der Waals surface area (Å²) < 4.78 is 5.09. The van der Waals surface area contributed by atoms with Gasteiger partial charge in [0.05, 0.1) is 10.5 Å². The van der Waals surface area contributed by atoms with Gasteiger partial charge in [0.15, 0.2) is 6.10 Å². The number of carbonyl (C=O) groups is 3. The van der Waals surface area contributed by atoms with Crippen LogP contribution in [0.4, 0.5) is 10.5 Å². The summed E-state index contributed by atoms with van der Waals surface area (Å²) >= 11 is 0. The molecule has 1 aliphatic rings. The smallest absolute Gasteiger partial charge is 0.339 e. The highest BCUT2D eigenvalue weighted by molar-refractivity contribution is 5.99. The van der Waals surface area contributed by atoms with Crippen molar-refractivity contribution in [3.63, 3.8) is 0 Å². The Labute approximate surface area is 150 Å². The third kappa shape index (κ3) is 3.98. The van der Waals surface area contributed by atoms with Crippen molar-refractivity contribution in [3.05, 3.63) is 39.4 Å². The van der Waals surface area contributed by atoms with Crippen LogP contribution in [0.25, 0.3) is 0 Å². The molecule has 0 spiro atoms. The number of benzene rings is 1. The van der Waals surface area contributed by atoms with Crippen LogP contribution in [0.5, 0.6) is 0 Å². The summed E-state index contributed by atoms with van der Waals surface area (Å²) in [4.78, 5) is 47.7. The third-order valence-electron chi connectivity index (χ3n) is 3.99. The molecule has 3 amide bonds. The Morgan fingerprint density at radius 1 is 1.35 bits per heavy atom. The van der Waals surface area contributed by atoms with Gasteiger partial charge in [-0.3, -0.25) is 19.8 Å². The largest absolute Gasteiger partial charge is 0.449 e. The summed E-state index contributed by atoms with van der Waals surface area (Å²) in [7, 11) is 0. The van der Waals surface area contributed by atoms with Gasteiger partial charge in [-0.25, -0.2) is 9.59 Å². The SMILES string of the molecule is C[C@H](OC(=O)c1ccc(C(C)(C)C)c([N+](=O)[O-])c1)C(=O)N1CCNC1=O. The topological polar surface area (TPSA) is 119 Å². The van der Waals surface area contributed by atoms with E-state index in [-0.39, 0.29) is 17.8 Å². The molecular formula is C17H21N3O6. The molecule has 1 N–H and O–H groups in total. The van der Waals surface area contributed by atoms with E-state index in [9.17, 15) is 24.5 Å². The Balaban J connectivity index is 2.19. The fourth-order valence-corrected chi connectivity index (χ4v) is 2.62. The van der Waals surface area contributed by atoms with Gasteiger partial charge in [0.2, 0.25) is 0 Å². The number of nitro benzene ring substituents is 1. The van der Waals surface area contributed by atoms with Crippen molar-refractivity contribution in [3.8, 4) is 0 Å². The number of imide groups is 1. The first kappa shape index (κ1) is 19.4. The van der Waals surface area contributed by atoms with Gasteiger partial charge in [0.1, 0.15) is 0 Å². The Morgan fingerprint density at radius 2 is 2.00 bits per heavy atom. The first-order valence-corrected chi connectivity index (χ1v) is 8.11. The molecule has 26 heavy (non-hydrogen) atoms. The summed E-state index contributed by atoms with van der Waals surface area (Å²) in [6.07, 6.45) is -1.19. The Morgan fingerprint density at radius 3 is 2.50 bits per heavy atom. The second kappa shape index (κ2) is 7.11. The maximum Gasteiger partial charge on any atom is 0.339 e. The molecule has 1 aromatic carbocycles. The predicted molar refractivity (Wildman–Crippen MR) is 91.8 cm³/mol. The highest BCUT2D eigenvalue weighted by atomic mass is 16.6. The highest BCUT2D eigenvalue weighted by Gasteiger charge is 2.32.